The minimum absolute atomic E-state index is 0.0413. The van der Waals surface area contributed by atoms with Crippen molar-refractivity contribution in [2.24, 2.45) is 5.10 Å². The lowest BCUT2D eigenvalue weighted by Crippen LogP contribution is -2.33. The molecule has 6 heteroatoms. The van der Waals surface area contributed by atoms with Crippen LogP contribution in [0.1, 0.15) is 35.4 Å². The van der Waals surface area contributed by atoms with E-state index in [-0.39, 0.29) is 6.04 Å². The molecule has 3 nitrogen and oxygen atoms in total. The zero-order chi connectivity index (χ0) is 21.8. The predicted molar refractivity (Wildman–Crippen MR) is 131 cm³/mol. The minimum Gasteiger partial charge on any atom is -0.463 e. The van der Waals surface area contributed by atoms with Crippen LogP contribution in [-0.4, -0.2) is 10.7 Å². The molecule has 0 fully saturated rings. The summed E-state index contributed by atoms with van der Waals surface area (Å²) in [5, 5.41) is 11.2. The third-order valence-electron chi connectivity index (χ3n) is 6.02. The Bertz CT molecular complexity index is 1400. The van der Waals surface area contributed by atoms with Crippen LogP contribution in [-0.2, 0) is 0 Å². The molecule has 2 atom stereocenters. The summed E-state index contributed by atoms with van der Waals surface area (Å²) in [5.74, 6) is 0.650. The molecule has 2 heterocycles. The zero-order valence-electron chi connectivity index (χ0n) is 16.8. The highest BCUT2D eigenvalue weighted by Gasteiger charge is 2.42. The predicted octanol–water partition coefficient (Wildman–Crippen LogP) is 8.04. The fourth-order valence-electron chi connectivity index (χ4n) is 4.54. The first-order chi connectivity index (χ1) is 15.6. The van der Waals surface area contributed by atoms with Gasteiger partial charge in [0, 0.05) is 27.6 Å². The molecule has 0 amide bonds. The number of hydrogen-bond acceptors (Lipinski definition) is 3. The van der Waals surface area contributed by atoms with E-state index in [1.807, 2.05) is 41.4 Å². The zero-order valence-corrected chi connectivity index (χ0v) is 19.1. The van der Waals surface area contributed by atoms with Gasteiger partial charge in [-0.15, -0.1) is 0 Å². The molecular weight excluding hydrogens is 463 g/mol. The monoisotopic (exact) mass is 478 g/mol. The summed E-state index contributed by atoms with van der Waals surface area (Å²) in [7, 11) is 0. The second-order valence-corrected chi connectivity index (χ2v) is 9.32. The van der Waals surface area contributed by atoms with Gasteiger partial charge in [0.2, 0.25) is 6.23 Å². The Morgan fingerprint density at radius 1 is 0.812 bits per heavy atom. The van der Waals surface area contributed by atoms with E-state index in [2.05, 4.69) is 36.4 Å². The van der Waals surface area contributed by atoms with Gasteiger partial charge >= 0.3 is 0 Å². The van der Waals surface area contributed by atoms with Gasteiger partial charge in [-0.1, -0.05) is 83.3 Å². The van der Waals surface area contributed by atoms with Crippen molar-refractivity contribution in [2.45, 2.75) is 18.7 Å². The van der Waals surface area contributed by atoms with E-state index in [1.54, 1.807) is 6.07 Å². The summed E-state index contributed by atoms with van der Waals surface area (Å²) in [4.78, 5) is 0. The number of fused-ring (bicyclic) bond motifs is 4. The first-order valence-electron chi connectivity index (χ1n) is 10.3. The van der Waals surface area contributed by atoms with Gasteiger partial charge in [0.25, 0.3) is 0 Å². The molecule has 0 radical (unpaired) electrons. The Balaban J connectivity index is 1.48. The number of nitrogens with zero attached hydrogens (tertiary/aromatic N) is 2. The normalized spacial score (nSPS) is 19.3. The van der Waals surface area contributed by atoms with Crippen LogP contribution in [0.5, 0.6) is 5.75 Å². The van der Waals surface area contributed by atoms with Crippen molar-refractivity contribution in [3.8, 4) is 5.75 Å². The van der Waals surface area contributed by atoms with E-state index in [4.69, 9.17) is 44.6 Å². The van der Waals surface area contributed by atoms with Crippen LogP contribution in [0.4, 0.5) is 0 Å². The number of hydrazone groups is 1. The molecule has 0 saturated carbocycles. The number of hydrogen-bond donors (Lipinski definition) is 0. The summed E-state index contributed by atoms with van der Waals surface area (Å²) < 4.78 is 6.40. The van der Waals surface area contributed by atoms with Gasteiger partial charge < -0.3 is 4.74 Å². The minimum atomic E-state index is -0.442. The van der Waals surface area contributed by atoms with Gasteiger partial charge in [0.15, 0.2) is 0 Å². The summed E-state index contributed by atoms with van der Waals surface area (Å²) in [6.07, 6.45) is 0.283. The first kappa shape index (κ1) is 19.9. The first-order valence-corrected chi connectivity index (χ1v) is 11.5. The van der Waals surface area contributed by atoms with Crippen molar-refractivity contribution < 1.29 is 4.74 Å². The summed E-state index contributed by atoms with van der Waals surface area (Å²) in [6, 6.07) is 26.0. The molecule has 4 aromatic rings. The van der Waals surface area contributed by atoms with Gasteiger partial charge in [-0.2, -0.15) is 5.10 Å². The molecule has 2 aliphatic rings. The number of benzene rings is 4. The SMILES string of the molecule is Clc1cccc([C@H]2Oc3c(Cl)cc(Cl)cc3[C@@H]3CC(c4ccc5ccccc5c4)=NN23)c1. The molecule has 32 heavy (non-hydrogen) atoms. The van der Waals surface area contributed by atoms with Gasteiger partial charge in [-0.3, -0.25) is 0 Å². The van der Waals surface area contributed by atoms with E-state index in [0.717, 1.165) is 28.8 Å². The van der Waals surface area contributed by atoms with Crippen molar-refractivity contribution in [1.29, 1.82) is 0 Å². The fourth-order valence-corrected chi connectivity index (χ4v) is 5.29. The summed E-state index contributed by atoms with van der Waals surface area (Å²) >= 11 is 19.2. The van der Waals surface area contributed by atoms with Gasteiger partial charge in [-0.25, -0.2) is 5.01 Å². The van der Waals surface area contributed by atoms with Crippen molar-refractivity contribution in [3.05, 3.63) is 111 Å². The van der Waals surface area contributed by atoms with E-state index >= 15 is 0 Å². The van der Waals surface area contributed by atoms with Crippen LogP contribution in [0, 0.1) is 0 Å². The third kappa shape index (κ3) is 3.32. The van der Waals surface area contributed by atoms with Gasteiger partial charge in [-0.05, 0) is 46.7 Å². The van der Waals surface area contributed by atoms with Crippen molar-refractivity contribution in [2.75, 3.05) is 0 Å². The fraction of sp³-hybridized carbons (Fsp3) is 0.115. The molecule has 158 valence electrons. The van der Waals surface area contributed by atoms with E-state index < -0.39 is 6.23 Å². The van der Waals surface area contributed by atoms with E-state index in [1.165, 1.54) is 10.8 Å². The average Bonchev–Trinajstić information content (AvgIpc) is 3.24. The maximum atomic E-state index is 6.55. The maximum absolute atomic E-state index is 6.55. The van der Waals surface area contributed by atoms with Crippen LogP contribution < -0.4 is 4.74 Å². The maximum Gasteiger partial charge on any atom is 0.214 e. The molecule has 4 aromatic carbocycles. The largest absolute Gasteiger partial charge is 0.463 e. The van der Waals surface area contributed by atoms with Gasteiger partial charge in [0.05, 0.1) is 16.8 Å². The lowest BCUT2D eigenvalue weighted by atomic mass is 9.95. The average molecular weight is 480 g/mol. The Labute approximate surface area is 200 Å². The molecule has 0 spiro atoms. The molecule has 0 aliphatic carbocycles. The number of ether oxygens (including phenoxy) is 1. The lowest BCUT2D eigenvalue weighted by Gasteiger charge is -2.38. The highest BCUT2D eigenvalue weighted by Crippen LogP contribution is 2.51. The molecule has 6 rings (SSSR count). The number of halogens is 3. The third-order valence-corrected chi connectivity index (χ3v) is 6.76. The number of rotatable bonds is 2. The van der Waals surface area contributed by atoms with Crippen LogP contribution in [0.15, 0.2) is 84.0 Å². The summed E-state index contributed by atoms with van der Waals surface area (Å²) in [5.41, 5.74) is 3.96. The standard InChI is InChI=1S/C26H17Cl3N2O/c27-19-7-3-6-18(11-19)26-31-24(21-12-20(28)13-22(29)25(21)32-26)14-23(30-31)17-9-8-15-4-1-2-5-16(15)10-17/h1-13,24,26H,14H2/t24-,26+/m0/s1. The smallest absolute Gasteiger partial charge is 0.214 e. The summed E-state index contributed by atoms with van der Waals surface area (Å²) in [6.45, 7) is 0. The molecule has 0 bridgehead atoms. The van der Waals surface area contributed by atoms with Crippen LogP contribution in [0.25, 0.3) is 10.8 Å². The topological polar surface area (TPSA) is 24.8 Å². The molecule has 2 aliphatic heterocycles. The van der Waals surface area contributed by atoms with Crippen molar-refractivity contribution in [1.82, 2.24) is 5.01 Å². The van der Waals surface area contributed by atoms with Crippen LogP contribution >= 0.6 is 34.8 Å². The lowest BCUT2D eigenvalue weighted by molar-refractivity contribution is -0.0189. The molecular formula is C26H17Cl3N2O. The second kappa shape index (κ2) is 7.70. The van der Waals surface area contributed by atoms with E-state index in [9.17, 15) is 0 Å². The van der Waals surface area contributed by atoms with Crippen molar-refractivity contribution >= 4 is 51.3 Å². The molecule has 0 N–H and O–H groups in total. The highest BCUT2D eigenvalue weighted by molar-refractivity contribution is 6.35. The van der Waals surface area contributed by atoms with E-state index in [0.29, 0.717) is 20.8 Å². The van der Waals surface area contributed by atoms with Crippen LogP contribution in [0.2, 0.25) is 15.1 Å². The quantitative estimate of drug-likeness (QED) is 0.290. The Morgan fingerprint density at radius 3 is 2.50 bits per heavy atom. The van der Waals surface area contributed by atoms with Crippen LogP contribution in [0.3, 0.4) is 0 Å². The highest BCUT2D eigenvalue weighted by atomic mass is 35.5. The Morgan fingerprint density at radius 2 is 1.66 bits per heavy atom. The molecule has 0 aromatic heterocycles. The molecule has 0 saturated heterocycles. The second-order valence-electron chi connectivity index (χ2n) is 8.04. The molecule has 0 unspecified atom stereocenters. The Kier molecular flexibility index (Phi) is 4.80. The van der Waals surface area contributed by atoms with Gasteiger partial charge in [0.1, 0.15) is 5.75 Å². The van der Waals surface area contributed by atoms with Crippen molar-refractivity contribution in [3.63, 3.8) is 0 Å². The Hall–Kier alpha value is -2.72.